The SMILES string of the molecule is CC[C@H](C)NC(=O)[C@@H](Cc1ccccc1)N(Cc1ccc(F)cc1)C(=O)CN(c1cc(Cl)ccc1C)S(C)(=O)=O. The number of nitrogens with one attached hydrogen (secondary N) is 1. The topological polar surface area (TPSA) is 86.8 Å². The van der Waals surface area contributed by atoms with Crippen LogP contribution in [0.15, 0.2) is 72.8 Å². The second-order valence-corrected chi connectivity index (χ2v) is 12.2. The van der Waals surface area contributed by atoms with Crippen LogP contribution in [0.25, 0.3) is 0 Å². The van der Waals surface area contributed by atoms with Crippen molar-refractivity contribution in [3.8, 4) is 0 Å². The molecular formula is C30H35ClFN3O4S. The lowest BCUT2D eigenvalue weighted by molar-refractivity contribution is -0.140. The molecule has 214 valence electrons. The summed E-state index contributed by atoms with van der Waals surface area (Å²) < 4.78 is 40.5. The molecule has 1 N–H and O–H groups in total. The van der Waals surface area contributed by atoms with Gasteiger partial charge in [0.25, 0.3) is 0 Å². The lowest BCUT2D eigenvalue weighted by atomic mass is 10.0. The van der Waals surface area contributed by atoms with Crippen molar-refractivity contribution < 1.29 is 22.4 Å². The molecular weight excluding hydrogens is 553 g/mol. The zero-order chi connectivity index (χ0) is 29.4. The maximum atomic E-state index is 14.1. The van der Waals surface area contributed by atoms with Crippen LogP contribution >= 0.6 is 11.6 Å². The molecule has 0 aliphatic heterocycles. The molecule has 0 spiro atoms. The van der Waals surface area contributed by atoms with Gasteiger partial charge in [0.2, 0.25) is 21.8 Å². The van der Waals surface area contributed by atoms with Gasteiger partial charge in [-0.2, -0.15) is 0 Å². The predicted molar refractivity (Wildman–Crippen MR) is 157 cm³/mol. The number of benzene rings is 3. The van der Waals surface area contributed by atoms with Gasteiger partial charge in [-0.25, -0.2) is 12.8 Å². The Morgan fingerprint density at radius 3 is 2.25 bits per heavy atom. The Balaban J connectivity index is 2.08. The molecule has 10 heteroatoms. The summed E-state index contributed by atoms with van der Waals surface area (Å²) in [5, 5.41) is 3.29. The first-order chi connectivity index (χ1) is 18.9. The molecule has 0 saturated heterocycles. The molecule has 3 aromatic carbocycles. The molecule has 0 aliphatic rings. The fourth-order valence-corrected chi connectivity index (χ4v) is 5.29. The van der Waals surface area contributed by atoms with Crippen LogP contribution < -0.4 is 9.62 Å². The number of anilines is 1. The zero-order valence-electron chi connectivity index (χ0n) is 23.1. The maximum absolute atomic E-state index is 14.1. The number of hydrogen-bond acceptors (Lipinski definition) is 4. The predicted octanol–water partition coefficient (Wildman–Crippen LogP) is 5.11. The van der Waals surface area contributed by atoms with Crippen molar-refractivity contribution in [1.29, 1.82) is 0 Å². The van der Waals surface area contributed by atoms with E-state index in [9.17, 15) is 22.4 Å². The minimum absolute atomic E-state index is 0.0311. The average molecular weight is 588 g/mol. The van der Waals surface area contributed by atoms with Crippen molar-refractivity contribution in [3.05, 3.63) is 100 Å². The van der Waals surface area contributed by atoms with Gasteiger partial charge >= 0.3 is 0 Å². The highest BCUT2D eigenvalue weighted by molar-refractivity contribution is 7.92. The van der Waals surface area contributed by atoms with Crippen LogP contribution in [-0.4, -0.2) is 50.0 Å². The van der Waals surface area contributed by atoms with Crippen LogP contribution in [-0.2, 0) is 32.6 Å². The smallest absolute Gasteiger partial charge is 0.244 e. The molecule has 0 radical (unpaired) electrons. The van der Waals surface area contributed by atoms with Gasteiger partial charge in [-0.1, -0.05) is 67.1 Å². The van der Waals surface area contributed by atoms with Crippen molar-refractivity contribution in [3.63, 3.8) is 0 Å². The summed E-state index contributed by atoms with van der Waals surface area (Å²) in [6.45, 7) is 4.95. The highest BCUT2D eigenvalue weighted by atomic mass is 35.5. The molecule has 3 aromatic rings. The molecule has 0 unspecified atom stereocenters. The van der Waals surface area contributed by atoms with Crippen LogP contribution in [0, 0.1) is 12.7 Å². The number of aryl methyl sites for hydroxylation is 1. The van der Waals surface area contributed by atoms with Crippen LogP contribution in [0.5, 0.6) is 0 Å². The molecule has 0 fully saturated rings. The molecule has 2 atom stereocenters. The molecule has 7 nitrogen and oxygen atoms in total. The summed E-state index contributed by atoms with van der Waals surface area (Å²) in [7, 11) is -3.92. The van der Waals surface area contributed by atoms with E-state index in [1.165, 1.54) is 35.2 Å². The summed E-state index contributed by atoms with van der Waals surface area (Å²) in [4.78, 5) is 29.1. The van der Waals surface area contributed by atoms with E-state index in [0.29, 0.717) is 22.6 Å². The van der Waals surface area contributed by atoms with Crippen LogP contribution in [0.3, 0.4) is 0 Å². The number of carbonyl (C=O) groups is 2. The van der Waals surface area contributed by atoms with E-state index in [1.54, 1.807) is 19.1 Å². The highest BCUT2D eigenvalue weighted by Gasteiger charge is 2.33. The molecule has 3 rings (SSSR count). The number of amides is 2. The fraction of sp³-hybridized carbons (Fsp3) is 0.333. The van der Waals surface area contributed by atoms with E-state index >= 15 is 0 Å². The van der Waals surface area contributed by atoms with Crippen LogP contribution in [0.1, 0.15) is 37.0 Å². The summed E-state index contributed by atoms with van der Waals surface area (Å²) in [6, 6.07) is 18.6. The van der Waals surface area contributed by atoms with Crippen LogP contribution in [0.4, 0.5) is 10.1 Å². The first-order valence-corrected chi connectivity index (χ1v) is 15.2. The van der Waals surface area contributed by atoms with Gasteiger partial charge in [0.15, 0.2) is 0 Å². The quantitative estimate of drug-likeness (QED) is 0.319. The Bertz CT molecular complexity index is 1420. The summed E-state index contributed by atoms with van der Waals surface area (Å²) >= 11 is 6.17. The van der Waals surface area contributed by atoms with Gasteiger partial charge in [0.05, 0.1) is 11.9 Å². The molecule has 2 amide bonds. The van der Waals surface area contributed by atoms with Gasteiger partial charge in [-0.3, -0.25) is 13.9 Å². The minimum atomic E-state index is -3.92. The number of rotatable bonds is 12. The number of nitrogens with zero attached hydrogens (tertiary/aromatic N) is 2. The number of sulfonamides is 1. The molecule has 0 bridgehead atoms. The van der Waals surface area contributed by atoms with Gasteiger partial charge in [0.1, 0.15) is 18.4 Å². The highest BCUT2D eigenvalue weighted by Crippen LogP contribution is 2.27. The monoisotopic (exact) mass is 587 g/mol. The van der Waals surface area contributed by atoms with Crippen molar-refractivity contribution >= 4 is 39.1 Å². The molecule has 0 aromatic heterocycles. The molecule has 0 heterocycles. The first kappa shape index (κ1) is 31.1. The van der Waals surface area contributed by atoms with E-state index in [-0.39, 0.29) is 30.6 Å². The number of carbonyl (C=O) groups excluding carboxylic acids is 2. The normalized spacial score (nSPS) is 12.8. The van der Waals surface area contributed by atoms with Gasteiger partial charge in [-0.05, 0) is 61.2 Å². The average Bonchev–Trinajstić information content (AvgIpc) is 2.91. The van der Waals surface area contributed by atoms with E-state index in [1.807, 2.05) is 44.2 Å². The summed E-state index contributed by atoms with van der Waals surface area (Å²) in [6.07, 6.45) is 1.90. The lowest BCUT2D eigenvalue weighted by Gasteiger charge is -2.34. The van der Waals surface area contributed by atoms with E-state index in [0.717, 1.165) is 16.1 Å². The standard InChI is InChI=1S/C30H35ClFN3O4S/c1-5-22(3)33-30(37)28(17-23-9-7-6-8-10-23)34(19-24-12-15-26(32)16-13-24)29(36)20-35(40(4,38)39)27-18-25(31)14-11-21(27)2/h6-16,18,22,28H,5,17,19-20H2,1-4H3,(H,33,37)/t22-,28+/m0/s1. The van der Waals surface area contributed by atoms with Crippen molar-refractivity contribution in [2.75, 3.05) is 17.1 Å². The third-order valence-corrected chi connectivity index (χ3v) is 8.02. The number of halogens is 2. The lowest BCUT2D eigenvalue weighted by Crippen LogP contribution is -2.54. The second kappa shape index (κ2) is 13.8. The fourth-order valence-electron chi connectivity index (χ4n) is 4.23. The third-order valence-electron chi connectivity index (χ3n) is 6.66. The minimum Gasteiger partial charge on any atom is -0.352 e. The molecule has 0 aliphatic carbocycles. The van der Waals surface area contributed by atoms with E-state index in [2.05, 4.69) is 5.32 Å². The van der Waals surface area contributed by atoms with Crippen molar-refractivity contribution in [2.45, 2.75) is 52.2 Å². The second-order valence-electron chi connectivity index (χ2n) is 9.87. The Kier molecular flexibility index (Phi) is 10.7. The Hall–Kier alpha value is -3.43. The van der Waals surface area contributed by atoms with Crippen molar-refractivity contribution in [1.82, 2.24) is 10.2 Å². The Morgan fingerprint density at radius 2 is 1.65 bits per heavy atom. The Labute approximate surface area is 241 Å². The maximum Gasteiger partial charge on any atom is 0.244 e. The summed E-state index contributed by atoms with van der Waals surface area (Å²) in [5.74, 6) is -1.38. The van der Waals surface area contributed by atoms with E-state index in [4.69, 9.17) is 11.6 Å². The Morgan fingerprint density at radius 1 is 1.00 bits per heavy atom. The largest absolute Gasteiger partial charge is 0.352 e. The third kappa shape index (κ3) is 8.53. The van der Waals surface area contributed by atoms with Crippen molar-refractivity contribution in [2.24, 2.45) is 0 Å². The molecule has 40 heavy (non-hydrogen) atoms. The molecule has 0 saturated carbocycles. The summed E-state index contributed by atoms with van der Waals surface area (Å²) in [5.41, 5.74) is 2.31. The van der Waals surface area contributed by atoms with Gasteiger partial charge in [-0.15, -0.1) is 0 Å². The van der Waals surface area contributed by atoms with E-state index < -0.39 is 34.3 Å². The first-order valence-electron chi connectivity index (χ1n) is 13.0. The zero-order valence-corrected chi connectivity index (χ0v) is 24.7. The number of hydrogen-bond donors (Lipinski definition) is 1. The van der Waals surface area contributed by atoms with Gasteiger partial charge < -0.3 is 10.2 Å². The van der Waals surface area contributed by atoms with Crippen LogP contribution in [0.2, 0.25) is 5.02 Å². The van der Waals surface area contributed by atoms with Gasteiger partial charge in [0, 0.05) is 24.0 Å².